The van der Waals surface area contributed by atoms with Gasteiger partial charge in [-0.05, 0) is 51.5 Å². The Labute approximate surface area is 134 Å². The minimum absolute atomic E-state index is 0. The molecule has 1 atom stereocenters. The van der Waals surface area contributed by atoms with Crippen LogP contribution in [0.5, 0.6) is 0 Å². The Bertz CT molecular complexity index is 326. The van der Waals surface area contributed by atoms with Crippen molar-refractivity contribution < 1.29 is 9.53 Å². The number of halogens is 1. The van der Waals surface area contributed by atoms with Crippen LogP contribution in [-0.4, -0.2) is 49.2 Å². The number of hydrogen-bond acceptors (Lipinski definition) is 3. The van der Waals surface area contributed by atoms with E-state index in [0.29, 0.717) is 12.6 Å². The molecule has 0 radical (unpaired) electrons. The lowest BCUT2D eigenvalue weighted by molar-refractivity contribution is -0.143. The molecule has 1 saturated carbocycles. The molecule has 0 bridgehead atoms. The van der Waals surface area contributed by atoms with Gasteiger partial charge in [0.05, 0.1) is 6.61 Å². The molecular weight excluding hydrogens is 288 g/mol. The van der Waals surface area contributed by atoms with Crippen molar-refractivity contribution in [1.82, 2.24) is 10.2 Å². The highest BCUT2D eigenvalue weighted by Gasteiger charge is 2.27. The highest BCUT2D eigenvalue weighted by Crippen LogP contribution is 2.28. The molecule has 5 heteroatoms. The molecule has 0 aromatic rings. The van der Waals surface area contributed by atoms with E-state index in [-0.39, 0.29) is 24.4 Å². The van der Waals surface area contributed by atoms with Gasteiger partial charge in [-0.3, -0.25) is 4.79 Å². The van der Waals surface area contributed by atoms with Gasteiger partial charge >= 0.3 is 0 Å². The number of rotatable bonds is 8. The van der Waals surface area contributed by atoms with E-state index >= 15 is 0 Å². The van der Waals surface area contributed by atoms with Crippen LogP contribution in [0.3, 0.4) is 0 Å². The van der Waals surface area contributed by atoms with Gasteiger partial charge in [0.1, 0.15) is 6.10 Å². The molecule has 1 saturated heterocycles. The van der Waals surface area contributed by atoms with Crippen molar-refractivity contribution in [1.29, 1.82) is 0 Å². The largest absolute Gasteiger partial charge is 0.368 e. The highest BCUT2D eigenvalue weighted by atomic mass is 35.5. The number of likely N-dealkylation sites (tertiary alicyclic amines) is 1. The highest BCUT2D eigenvalue weighted by molar-refractivity contribution is 5.85. The minimum atomic E-state index is -0.328. The first-order chi connectivity index (χ1) is 9.70. The second-order valence-corrected chi connectivity index (χ2v) is 6.04. The zero-order valence-electron chi connectivity index (χ0n) is 13.1. The van der Waals surface area contributed by atoms with E-state index < -0.39 is 0 Å². The fourth-order valence-electron chi connectivity index (χ4n) is 2.62. The fourth-order valence-corrected chi connectivity index (χ4v) is 2.62. The molecule has 4 nitrogen and oxygen atoms in total. The Morgan fingerprint density at radius 1 is 1.38 bits per heavy atom. The summed E-state index contributed by atoms with van der Waals surface area (Å²) in [5.41, 5.74) is 0. The topological polar surface area (TPSA) is 41.6 Å². The van der Waals surface area contributed by atoms with Gasteiger partial charge in [0.2, 0.25) is 0 Å². The summed E-state index contributed by atoms with van der Waals surface area (Å²) >= 11 is 0. The summed E-state index contributed by atoms with van der Waals surface area (Å²) in [5, 5.41) is 3.63. The van der Waals surface area contributed by atoms with Gasteiger partial charge < -0.3 is 15.0 Å². The molecule has 1 amide bonds. The Morgan fingerprint density at radius 3 is 2.62 bits per heavy atom. The van der Waals surface area contributed by atoms with E-state index in [4.69, 9.17) is 4.74 Å². The van der Waals surface area contributed by atoms with Crippen molar-refractivity contribution in [2.24, 2.45) is 5.92 Å². The first-order valence-electron chi connectivity index (χ1n) is 7.95. The number of nitrogens with one attached hydrogen (secondary N) is 1. The number of hydrogen-bond donors (Lipinski definition) is 1. The second-order valence-electron chi connectivity index (χ2n) is 6.04. The van der Waals surface area contributed by atoms with Crippen LogP contribution in [0.2, 0.25) is 0 Å². The summed E-state index contributed by atoms with van der Waals surface area (Å²) in [5.74, 6) is 1.06. The lowest BCUT2D eigenvalue weighted by Crippen LogP contribution is -2.48. The third-order valence-electron chi connectivity index (χ3n) is 4.24. The Kier molecular flexibility index (Phi) is 8.30. The molecule has 1 aliphatic heterocycles. The molecule has 0 aromatic carbocycles. The van der Waals surface area contributed by atoms with E-state index in [0.717, 1.165) is 38.3 Å². The predicted octanol–water partition coefficient (Wildman–Crippen LogP) is 2.38. The molecule has 122 valence electrons. The zero-order chi connectivity index (χ0) is 14.4. The van der Waals surface area contributed by atoms with Crippen LogP contribution in [0, 0.1) is 5.92 Å². The summed E-state index contributed by atoms with van der Waals surface area (Å²) in [7, 11) is 0. The molecule has 1 unspecified atom stereocenters. The van der Waals surface area contributed by atoms with E-state index in [9.17, 15) is 4.79 Å². The maximum Gasteiger partial charge on any atom is 0.251 e. The normalized spacial score (nSPS) is 20.7. The molecular formula is C16H29ClN2O2. The molecule has 0 aromatic heterocycles. The van der Waals surface area contributed by atoms with E-state index in [1.165, 1.54) is 19.4 Å². The van der Waals surface area contributed by atoms with Crippen LogP contribution < -0.4 is 5.32 Å². The third kappa shape index (κ3) is 6.37. The first kappa shape index (κ1) is 18.5. The quantitative estimate of drug-likeness (QED) is 0.552. The molecule has 1 N–H and O–H groups in total. The molecule has 2 fully saturated rings. The lowest BCUT2D eigenvalue weighted by Gasteiger charge is -2.34. The molecule has 1 aliphatic carbocycles. The van der Waals surface area contributed by atoms with Crippen LogP contribution in [0.1, 0.15) is 39.0 Å². The van der Waals surface area contributed by atoms with Crippen molar-refractivity contribution in [2.75, 3.05) is 26.2 Å². The minimum Gasteiger partial charge on any atom is -0.368 e. The smallest absolute Gasteiger partial charge is 0.251 e. The van der Waals surface area contributed by atoms with Crippen molar-refractivity contribution in [2.45, 2.75) is 51.2 Å². The number of amides is 1. The number of nitrogens with zero attached hydrogens (tertiary/aromatic N) is 1. The molecule has 21 heavy (non-hydrogen) atoms. The van der Waals surface area contributed by atoms with Crippen LogP contribution in [0.4, 0.5) is 0 Å². The Balaban J connectivity index is 0.00000220. The van der Waals surface area contributed by atoms with Crippen molar-refractivity contribution in [3.8, 4) is 0 Å². The second kappa shape index (κ2) is 9.44. The van der Waals surface area contributed by atoms with E-state index in [1.54, 1.807) is 0 Å². The van der Waals surface area contributed by atoms with E-state index in [1.807, 2.05) is 17.9 Å². The summed E-state index contributed by atoms with van der Waals surface area (Å²) in [6.07, 6.45) is 7.20. The maximum atomic E-state index is 12.2. The first-order valence-corrected chi connectivity index (χ1v) is 7.95. The monoisotopic (exact) mass is 316 g/mol. The molecule has 2 rings (SSSR count). The summed E-state index contributed by atoms with van der Waals surface area (Å²) in [6.45, 7) is 8.96. The van der Waals surface area contributed by atoms with Crippen LogP contribution in [-0.2, 0) is 9.53 Å². The fraction of sp³-hybridized carbons (Fsp3) is 0.812. The Hall–Kier alpha value is -0.580. The average Bonchev–Trinajstić information content (AvgIpc) is 3.29. The van der Waals surface area contributed by atoms with Gasteiger partial charge in [0.15, 0.2) is 0 Å². The van der Waals surface area contributed by atoms with E-state index in [2.05, 4.69) is 11.9 Å². The SMILES string of the molecule is C=CCCOC(C)C(=O)N1CCC(NCC2CC2)CC1.Cl. The molecule has 2 aliphatic rings. The third-order valence-corrected chi connectivity index (χ3v) is 4.24. The predicted molar refractivity (Wildman–Crippen MR) is 87.8 cm³/mol. The summed E-state index contributed by atoms with van der Waals surface area (Å²) in [6, 6.07) is 0.594. The van der Waals surface area contributed by atoms with Crippen LogP contribution in [0.15, 0.2) is 12.7 Å². The van der Waals surface area contributed by atoms with Crippen molar-refractivity contribution in [3.05, 3.63) is 12.7 Å². The van der Waals surface area contributed by atoms with Crippen LogP contribution >= 0.6 is 12.4 Å². The molecule has 1 heterocycles. The number of piperidine rings is 1. The Morgan fingerprint density at radius 2 is 2.05 bits per heavy atom. The van der Waals surface area contributed by atoms with Crippen molar-refractivity contribution in [3.63, 3.8) is 0 Å². The number of ether oxygens (including phenoxy) is 1. The average molecular weight is 317 g/mol. The lowest BCUT2D eigenvalue weighted by atomic mass is 10.0. The zero-order valence-corrected chi connectivity index (χ0v) is 13.9. The standard InChI is InChI=1S/C16H28N2O2.ClH/c1-3-4-11-20-13(2)16(19)18-9-7-15(8-10-18)17-12-14-5-6-14;/h3,13-15,17H,1,4-12H2,2H3;1H. The van der Waals surface area contributed by atoms with Gasteiger partial charge in [-0.25, -0.2) is 0 Å². The maximum absolute atomic E-state index is 12.2. The van der Waals surface area contributed by atoms with Gasteiger partial charge in [-0.1, -0.05) is 6.08 Å². The van der Waals surface area contributed by atoms with Gasteiger partial charge in [-0.2, -0.15) is 0 Å². The summed E-state index contributed by atoms with van der Waals surface area (Å²) < 4.78 is 5.53. The summed E-state index contributed by atoms with van der Waals surface area (Å²) in [4.78, 5) is 14.2. The van der Waals surface area contributed by atoms with Gasteiger partial charge in [0, 0.05) is 19.1 Å². The van der Waals surface area contributed by atoms with Gasteiger partial charge in [0.25, 0.3) is 5.91 Å². The van der Waals surface area contributed by atoms with Gasteiger partial charge in [-0.15, -0.1) is 19.0 Å². The van der Waals surface area contributed by atoms with Crippen molar-refractivity contribution >= 4 is 18.3 Å². The van der Waals surface area contributed by atoms with Crippen LogP contribution in [0.25, 0.3) is 0 Å². The molecule has 0 spiro atoms. The number of carbonyl (C=O) groups excluding carboxylic acids is 1. The number of carbonyl (C=O) groups is 1.